The zero-order valence-electron chi connectivity index (χ0n) is 17.5. The van der Waals surface area contributed by atoms with Gasteiger partial charge in [0.15, 0.2) is 12.4 Å². The van der Waals surface area contributed by atoms with Crippen LogP contribution in [-0.2, 0) is 4.79 Å². The van der Waals surface area contributed by atoms with Crippen molar-refractivity contribution in [2.75, 3.05) is 19.7 Å². The summed E-state index contributed by atoms with van der Waals surface area (Å²) in [5, 5.41) is 2.98. The average molecular weight is 408 g/mol. The highest BCUT2D eigenvalue weighted by molar-refractivity contribution is 5.96. The number of hydrogen-bond acceptors (Lipinski definition) is 4. The number of likely N-dealkylation sites (tertiary alicyclic amines) is 1. The van der Waals surface area contributed by atoms with E-state index in [1.54, 1.807) is 24.3 Å². The number of aryl methyl sites for hydroxylation is 1. The molecule has 0 spiro atoms. The van der Waals surface area contributed by atoms with E-state index in [9.17, 15) is 14.4 Å². The summed E-state index contributed by atoms with van der Waals surface area (Å²) in [6.07, 6.45) is 1.90. The fourth-order valence-corrected chi connectivity index (χ4v) is 3.47. The van der Waals surface area contributed by atoms with Crippen LogP contribution in [0.2, 0.25) is 0 Å². The van der Waals surface area contributed by atoms with Crippen LogP contribution in [0.15, 0.2) is 48.5 Å². The lowest BCUT2D eigenvalue weighted by Gasteiger charge is -2.32. The molecule has 2 amide bonds. The van der Waals surface area contributed by atoms with Gasteiger partial charge in [0.2, 0.25) is 0 Å². The molecule has 0 aromatic heterocycles. The number of piperidine rings is 1. The van der Waals surface area contributed by atoms with Crippen LogP contribution >= 0.6 is 0 Å². The Morgan fingerprint density at radius 1 is 0.967 bits per heavy atom. The summed E-state index contributed by atoms with van der Waals surface area (Å²) >= 11 is 0. The third kappa shape index (κ3) is 5.69. The molecule has 1 heterocycles. The van der Waals surface area contributed by atoms with Crippen LogP contribution in [0, 0.1) is 6.92 Å². The number of nitrogens with one attached hydrogen (secondary N) is 1. The lowest BCUT2D eigenvalue weighted by Crippen LogP contribution is -2.47. The second-order valence-corrected chi connectivity index (χ2v) is 7.59. The summed E-state index contributed by atoms with van der Waals surface area (Å²) < 4.78 is 5.52. The quantitative estimate of drug-likeness (QED) is 0.713. The van der Waals surface area contributed by atoms with Gasteiger partial charge < -0.3 is 15.0 Å². The van der Waals surface area contributed by atoms with E-state index in [1.165, 1.54) is 0 Å². The summed E-state index contributed by atoms with van der Waals surface area (Å²) in [7, 11) is 0. The Morgan fingerprint density at radius 2 is 1.57 bits per heavy atom. The normalized spacial score (nSPS) is 14.3. The van der Waals surface area contributed by atoms with Crippen LogP contribution in [0.4, 0.5) is 0 Å². The van der Waals surface area contributed by atoms with Crippen molar-refractivity contribution in [3.63, 3.8) is 0 Å². The van der Waals surface area contributed by atoms with Gasteiger partial charge in [-0.3, -0.25) is 14.4 Å². The van der Waals surface area contributed by atoms with Gasteiger partial charge >= 0.3 is 0 Å². The number of ether oxygens (including phenoxy) is 1. The highest BCUT2D eigenvalue weighted by atomic mass is 16.5. The zero-order chi connectivity index (χ0) is 21.5. The summed E-state index contributed by atoms with van der Waals surface area (Å²) in [5.74, 6) is 0.475. The van der Waals surface area contributed by atoms with Crippen LogP contribution in [0.25, 0.3) is 0 Å². The molecule has 1 N–H and O–H groups in total. The van der Waals surface area contributed by atoms with E-state index in [0.717, 1.165) is 18.4 Å². The molecule has 6 heteroatoms. The second kappa shape index (κ2) is 10.1. The Balaban J connectivity index is 1.41. The number of hydrogen-bond donors (Lipinski definition) is 1. The minimum atomic E-state index is -0.188. The van der Waals surface area contributed by atoms with Crippen LogP contribution in [0.1, 0.15) is 52.5 Å². The van der Waals surface area contributed by atoms with Crippen molar-refractivity contribution in [2.45, 2.75) is 39.2 Å². The van der Waals surface area contributed by atoms with Crippen LogP contribution in [0.3, 0.4) is 0 Å². The van der Waals surface area contributed by atoms with Crippen molar-refractivity contribution < 1.29 is 19.1 Å². The predicted molar refractivity (Wildman–Crippen MR) is 115 cm³/mol. The first-order valence-electron chi connectivity index (χ1n) is 10.4. The molecule has 1 fully saturated rings. The topological polar surface area (TPSA) is 75.7 Å². The Bertz CT molecular complexity index is 882. The largest absolute Gasteiger partial charge is 0.484 e. The average Bonchev–Trinajstić information content (AvgIpc) is 2.78. The third-order valence-corrected chi connectivity index (χ3v) is 5.31. The van der Waals surface area contributed by atoms with Crippen molar-refractivity contribution in [3.8, 4) is 5.75 Å². The molecule has 0 radical (unpaired) electrons. The Morgan fingerprint density at radius 3 is 2.17 bits per heavy atom. The minimum absolute atomic E-state index is 0.0349. The maximum Gasteiger partial charge on any atom is 0.258 e. The van der Waals surface area contributed by atoms with Crippen LogP contribution in [-0.4, -0.2) is 48.2 Å². The molecule has 30 heavy (non-hydrogen) atoms. The number of rotatable bonds is 7. The van der Waals surface area contributed by atoms with Gasteiger partial charge in [0.25, 0.3) is 11.8 Å². The lowest BCUT2D eigenvalue weighted by molar-refractivity contribution is -0.124. The lowest BCUT2D eigenvalue weighted by atomic mass is 10.0. The van der Waals surface area contributed by atoms with Gasteiger partial charge in [-0.05, 0) is 56.2 Å². The SMILES string of the molecule is CCC(=O)c1ccc(OCC(=O)NC2CCN(C(=O)c3ccc(C)cc3)CC2)cc1. The maximum absolute atomic E-state index is 12.6. The second-order valence-electron chi connectivity index (χ2n) is 7.59. The monoisotopic (exact) mass is 408 g/mol. The van der Waals surface area contributed by atoms with E-state index in [1.807, 2.05) is 43.0 Å². The van der Waals surface area contributed by atoms with Gasteiger partial charge in [-0.1, -0.05) is 24.6 Å². The molecule has 1 saturated heterocycles. The molecular weight excluding hydrogens is 380 g/mol. The van der Waals surface area contributed by atoms with Crippen molar-refractivity contribution in [1.82, 2.24) is 10.2 Å². The van der Waals surface area contributed by atoms with Gasteiger partial charge in [-0.25, -0.2) is 0 Å². The summed E-state index contributed by atoms with van der Waals surface area (Å²) in [6.45, 7) is 4.97. The number of amides is 2. The standard InChI is InChI=1S/C24H28N2O4/c1-3-22(27)18-8-10-21(11-9-18)30-16-23(28)25-20-12-14-26(15-13-20)24(29)19-6-4-17(2)5-7-19/h4-11,20H,3,12-16H2,1-2H3,(H,25,28). The van der Waals surface area contributed by atoms with Gasteiger partial charge in [0, 0.05) is 36.7 Å². The first kappa shape index (κ1) is 21.6. The number of Topliss-reactive ketones (excluding diaryl/α,β-unsaturated/α-hetero) is 1. The molecule has 2 aromatic carbocycles. The molecule has 0 unspecified atom stereocenters. The number of ketones is 1. The summed E-state index contributed by atoms with van der Waals surface area (Å²) in [4.78, 5) is 38.3. The summed E-state index contributed by atoms with van der Waals surface area (Å²) in [5.41, 5.74) is 2.46. The first-order valence-corrected chi connectivity index (χ1v) is 10.4. The van der Waals surface area contributed by atoms with E-state index < -0.39 is 0 Å². The van der Waals surface area contributed by atoms with E-state index >= 15 is 0 Å². The highest BCUT2D eigenvalue weighted by Gasteiger charge is 2.24. The molecule has 3 rings (SSSR count). The molecule has 0 saturated carbocycles. The van der Waals surface area contributed by atoms with E-state index in [4.69, 9.17) is 4.74 Å². The smallest absolute Gasteiger partial charge is 0.258 e. The Kier molecular flexibility index (Phi) is 7.22. The molecule has 0 atom stereocenters. The number of nitrogens with zero attached hydrogens (tertiary/aromatic N) is 1. The molecule has 158 valence electrons. The van der Waals surface area contributed by atoms with Crippen molar-refractivity contribution >= 4 is 17.6 Å². The predicted octanol–water partition coefficient (Wildman–Crippen LogP) is 3.39. The third-order valence-electron chi connectivity index (χ3n) is 5.31. The number of carbonyl (C=O) groups is 3. The molecule has 0 bridgehead atoms. The molecule has 1 aliphatic heterocycles. The summed E-state index contributed by atoms with van der Waals surface area (Å²) in [6, 6.07) is 14.4. The molecule has 0 aliphatic carbocycles. The van der Waals surface area contributed by atoms with Gasteiger partial charge in [0.1, 0.15) is 5.75 Å². The van der Waals surface area contributed by atoms with Gasteiger partial charge in [0.05, 0.1) is 0 Å². The Hall–Kier alpha value is -3.15. The van der Waals surface area contributed by atoms with E-state index in [-0.39, 0.29) is 30.2 Å². The number of benzene rings is 2. The van der Waals surface area contributed by atoms with E-state index in [0.29, 0.717) is 36.4 Å². The number of carbonyl (C=O) groups excluding carboxylic acids is 3. The van der Waals surface area contributed by atoms with E-state index in [2.05, 4.69) is 5.32 Å². The fraction of sp³-hybridized carbons (Fsp3) is 0.375. The van der Waals surface area contributed by atoms with Crippen LogP contribution in [0.5, 0.6) is 5.75 Å². The van der Waals surface area contributed by atoms with Crippen molar-refractivity contribution in [1.29, 1.82) is 0 Å². The Labute approximate surface area is 177 Å². The molecular formula is C24H28N2O4. The molecule has 1 aliphatic rings. The van der Waals surface area contributed by atoms with Gasteiger partial charge in [-0.15, -0.1) is 0 Å². The fourth-order valence-electron chi connectivity index (χ4n) is 3.47. The van der Waals surface area contributed by atoms with Crippen molar-refractivity contribution in [2.24, 2.45) is 0 Å². The highest BCUT2D eigenvalue weighted by Crippen LogP contribution is 2.16. The van der Waals surface area contributed by atoms with Gasteiger partial charge in [-0.2, -0.15) is 0 Å². The molecule has 2 aromatic rings. The first-order chi connectivity index (χ1) is 14.5. The molecule has 6 nitrogen and oxygen atoms in total. The maximum atomic E-state index is 12.6. The minimum Gasteiger partial charge on any atom is -0.484 e. The zero-order valence-corrected chi connectivity index (χ0v) is 17.5. The van der Waals surface area contributed by atoms with Crippen molar-refractivity contribution in [3.05, 3.63) is 65.2 Å². The van der Waals surface area contributed by atoms with Crippen LogP contribution < -0.4 is 10.1 Å².